The van der Waals surface area contributed by atoms with Crippen LogP contribution in [0.25, 0.3) is 0 Å². The van der Waals surface area contributed by atoms with Gasteiger partial charge in [-0.2, -0.15) is 0 Å². The summed E-state index contributed by atoms with van der Waals surface area (Å²) in [5.41, 5.74) is 2.19. The molecule has 1 aliphatic heterocycles. The number of rotatable bonds is 5. The molecule has 2 aliphatic rings. The fourth-order valence-corrected chi connectivity index (χ4v) is 5.57. The van der Waals surface area contributed by atoms with Gasteiger partial charge in [0.15, 0.2) is 11.5 Å². The third-order valence-corrected chi connectivity index (χ3v) is 7.58. The summed E-state index contributed by atoms with van der Waals surface area (Å²) in [6.07, 6.45) is 3.99. The van der Waals surface area contributed by atoms with Gasteiger partial charge in [-0.3, -0.25) is 4.90 Å². The zero-order valence-electron chi connectivity index (χ0n) is 19.2. The van der Waals surface area contributed by atoms with E-state index in [-0.39, 0.29) is 17.5 Å². The number of ether oxygens (including phenoxy) is 2. The Labute approximate surface area is 195 Å². The number of methoxy groups -OCH3 is 2. The van der Waals surface area contributed by atoms with E-state index >= 15 is 0 Å². The summed E-state index contributed by atoms with van der Waals surface area (Å²) in [6.45, 7) is 1.05. The lowest BCUT2D eigenvalue weighted by molar-refractivity contribution is 0.155. The third-order valence-electron chi connectivity index (χ3n) is 7.33. The lowest BCUT2D eigenvalue weighted by Gasteiger charge is -2.45. The van der Waals surface area contributed by atoms with E-state index in [1.807, 2.05) is 18.2 Å². The van der Waals surface area contributed by atoms with Gasteiger partial charge in [0, 0.05) is 35.3 Å². The molecule has 6 nitrogen and oxygen atoms in total. The molecule has 0 radical (unpaired) electrons. The number of carbonyl (C=O) groups excluding carboxylic acids is 1. The van der Waals surface area contributed by atoms with E-state index in [9.17, 15) is 4.79 Å². The van der Waals surface area contributed by atoms with Gasteiger partial charge in [0.2, 0.25) is 0 Å². The topological polar surface area (TPSA) is 54.0 Å². The molecule has 0 spiro atoms. The van der Waals surface area contributed by atoms with E-state index in [4.69, 9.17) is 21.1 Å². The van der Waals surface area contributed by atoms with Gasteiger partial charge in [-0.1, -0.05) is 17.7 Å². The highest BCUT2D eigenvalue weighted by atomic mass is 35.5. The zero-order valence-corrected chi connectivity index (χ0v) is 20.0. The average Bonchev–Trinajstić information content (AvgIpc) is 3.15. The van der Waals surface area contributed by atoms with Crippen molar-refractivity contribution in [2.45, 2.75) is 43.2 Å². The number of halogens is 1. The molecule has 1 aliphatic carbocycles. The molecule has 3 unspecified atom stereocenters. The molecule has 1 N–H and O–H groups in total. The number of nitrogens with zero attached hydrogens (tertiary/aromatic N) is 2. The molecule has 2 aromatic carbocycles. The Morgan fingerprint density at radius 2 is 1.84 bits per heavy atom. The number of benzene rings is 2. The first-order chi connectivity index (χ1) is 15.4. The predicted molar refractivity (Wildman–Crippen MR) is 128 cm³/mol. The molecule has 2 aromatic rings. The Morgan fingerprint density at radius 1 is 1.12 bits per heavy atom. The second-order valence-electron chi connectivity index (χ2n) is 8.93. The summed E-state index contributed by atoms with van der Waals surface area (Å²) in [5, 5.41) is 3.92. The van der Waals surface area contributed by atoms with Crippen LogP contribution in [0.4, 0.5) is 10.5 Å². The Hall–Kier alpha value is -2.44. The highest BCUT2D eigenvalue weighted by Crippen LogP contribution is 2.49. The van der Waals surface area contributed by atoms with Crippen molar-refractivity contribution in [2.75, 3.05) is 39.8 Å². The van der Waals surface area contributed by atoms with Crippen LogP contribution < -0.4 is 19.7 Å². The second-order valence-corrected chi connectivity index (χ2v) is 9.36. The van der Waals surface area contributed by atoms with Crippen LogP contribution in [0.2, 0.25) is 5.02 Å². The van der Waals surface area contributed by atoms with E-state index in [1.165, 1.54) is 5.56 Å². The van der Waals surface area contributed by atoms with Crippen molar-refractivity contribution in [3.05, 3.63) is 53.1 Å². The highest BCUT2D eigenvalue weighted by Gasteiger charge is 2.50. The van der Waals surface area contributed by atoms with Gasteiger partial charge in [-0.15, -0.1) is 0 Å². The summed E-state index contributed by atoms with van der Waals surface area (Å²) in [4.78, 5) is 17.0. The molecule has 1 saturated heterocycles. The molecule has 1 heterocycles. The molecule has 0 aromatic heterocycles. The molecular formula is C25H32ClN3O3. The quantitative estimate of drug-likeness (QED) is 0.707. The minimum atomic E-state index is -0.0865. The lowest BCUT2D eigenvalue weighted by Crippen LogP contribution is -2.53. The van der Waals surface area contributed by atoms with Crippen molar-refractivity contribution in [3.63, 3.8) is 0 Å². The lowest BCUT2D eigenvalue weighted by atomic mass is 9.65. The third kappa shape index (κ3) is 4.14. The van der Waals surface area contributed by atoms with E-state index in [2.05, 4.69) is 29.4 Å². The maximum atomic E-state index is 12.9. The minimum Gasteiger partial charge on any atom is -0.493 e. The normalized spacial score (nSPS) is 25.2. The number of urea groups is 1. The van der Waals surface area contributed by atoms with Crippen LogP contribution in [-0.4, -0.2) is 57.9 Å². The SMILES string of the molecule is COc1ccc(C23CCC(NC(=O)N(C)c4ccc(Cl)cc4)CC2N(C)CC3)cc1OC. The fraction of sp³-hybridized carbons (Fsp3) is 0.480. The van der Waals surface area contributed by atoms with Crippen LogP contribution >= 0.6 is 11.6 Å². The van der Waals surface area contributed by atoms with Crippen molar-refractivity contribution in [3.8, 4) is 11.5 Å². The molecular weight excluding hydrogens is 426 g/mol. The Bertz CT molecular complexity index is 967. The average molecular weight is 458 g/mol. The summed E-state index contributed by atoms with van der Waals surface area (Å²) in [6, 6.07) is 14.0. The highest BCUT2D eigenvalue weighted by molar-refractivity contribution is 6.30. The van der Waals surface area contributed by atoms with Gasteiger partial charge in [-0.05, 0) is 81.2 Å². The van der Waals surface area contributed by atoms with Gasteiger partial charge in [0.25, 0.3) is 0 Å². The van der Waals surface area contributed by atoms with Gasteiger partial charge in [-0.25, -0.2) is 4.79 Å². The number of amides is 2. The van der Waals surface area contributed by atoms with Crippen LogP contribution in [0.5, 0.6) is 11.5 Å². The molecule has 3 atom stereocenters. The number of likely N-dealkylation sites (tertiary alicyclic amines) is 1. The zero-order chi connectivity index (χ0) is 22.9. The predicted octanol–water partition coefficient (Wildman–Crippen LogP) is 4.70. The largest absolute Gasteiger partial charge is 0.493 e. The summed E-state index contributed by atoms with van der Waals surface area (Å²) in [5.74, 6) is 1.52. The summed E-state index contributed by atoms with van der Waals surface area (Å²) < 4.78 is 11.0. The van der Waals surface area contributed by atoms with Crippen LogP contribution in [0.15, 0.2) is 42.5 Å². The number of anilines is 1. The Kier molecular flexibility index (Phi) is 6.54. The van der Waals surface area contributed by atoms with Crippen LogP contribution in [0.3, 0.4) is 0 Å². The maximum Gasteiger partial charge on any atom is 0.321 e. The van der Waals surface area contributed by atoms with Gasteiger partial charge in [0.05, 0.1) is 14.2 Å². The molecule has 1 saturated carbocycles. The maximum absolute atomic E-state index is 12.9. The van der Waals surface area contributed by atoms with Gasteiger partial charge in [0.1, 0.15) is 0 Å². The van der Waals surface area contributed by atoms with E-state index in [0.717, 1.165) is 49.4 Å². The number of hydrogen-bond acceptors (Lipinski definition) is 4. The standard InChI is InChI=1S/C25H32ClN3O3/c1-28-14-13-25(17-5-10-21(31-3)22(15-17)32-4)12-11-19(16-23(25)28)27-24(30)29(2)20-8-6-18(26)7-9-20/h5-10,15,19,23H,11-14,16H2,1-4H3,(H,27,30). The van der Waals surface area contributed by atoms with Crippen molar-refractivity contribution >= 4 is 23.3 Å². The molecule has 2 amide bonds. The molecule has 4 rings (SSSR count). The molecule has 0 bridgehead atoms. The number of likely N-dealkylation sites (N-methyl/N-ethyl adjacent to an activating group) is 1. The minimum absolute atomic E-state index is 0.0671. The van der Waals surface area contributed by atoms with Crippen molar-refractivity contribution in [1.29, 1.82) is 0 Å². The van der Waals surface area contributed by atoms with Crippen molar-refractivity contribution in [1.82, 2.24) is 10.2 Å². The molecule has 7 heteroatoms. The summed E-state index contributed by atoms with van der Waals surface area (Å²) >= 11 is 5.98. The Morgan fingerprint density at radius 3 is 2.53 bits per heavy atom. The fourth-order valence-electron chi connectivity index (χ4n) is 5.45. The molecule has 172 valence electrons. The smallest absolute Gasteiger partial charge is 0.321 e. The van der Waals surface area contributed by atoms with Crippen molar-refractivity contribution < 1.29 is 14.3 Å². The molecule has 2 fully saturated rings. The number of nitrogens with one attached hydrogen (secondary N) is 1. The van der Waals surface area contributed by atoms with Gasteiger partial charge < -0.3 is 19.7 Å². The second kappa shape index (κ2) is 9.20. The Balaban J connectivity index is 1.50. The molecule has 32 heavy (non-hydrogen) atoms. The summed E-state index contributed by atoms with van der Waals surface area (Å²) in [7, 11) is 7.33. The number of fused-ring (bicyclic) bond motifs is 1. The van der Waals surface area contributed by atoms with Crippen LogP contribution in [-0.2, 0) is 5.41 Å². The van der Waals surface area contributed by atoms with Crippen LogP contribution in [0, 0.1) is 0 Å². The number of hydrogen-bond donors (Lipinski definition) is 1. The van der Waals surface area contributed by atoms with E-state index in [0.29, 0.717) is 11.1 Å². The monoisotopic (exact) mass is 457 g/mol. The van der Waals surface area contributed by atoms with E-state index in [1.54, 1.807) is 38.3 Å². The first kappa shape index (κ1) is 22.7. The van der Waals surface area contributed by atoms with E-state index < -0.39 is 0 Å². The van der Waals surface area contributed by atoms with Crippen LogP contribution in [0.1, 0.15) is 31.2 Å². The van der Waals surface area contributed by atoms with Crippen molar-refractivity contribution in [2.24, 2.45) is 0 Å². The first-order valence-corrected chi connectivity index (χ1v) is 11.5. The first-order valence-electron chi connectivity index (χ1n) is 11.1. The van der Waals surface area contributed by atoms with Gasteiger partial charge >= 0.3 is 6.03 Å². The number of carbonyl (C=O) groups is 1.